The quantitative estimate of drug-likeness (QED) is 0.702. The van der Waals surface area contributed by atoms with Crippen LogP contribution in [0.1, 0.15) is 17.4 Å². The van der Waals surface area contributed by atoms with Crippen molar-refractivity contribution in [3.05, 3.63) is 63.8 Å². The van der Waals surface area contributed by atoms with E-state index in [2.05, 4.69) is 32.0 Å². The van der Waals surface area contributed by atoms with Crippen molar-refractivity contribution in [1.29, 1.82) is 0 Å². The van der Waals surface area contributed by atoms with E-state index in [-0.39, 0.29) is 0 Å². The van der Waals surface area contributed by atoms with Gasteiger partial charge in [0.2, 0.25) is 0 Å². The van der Waals surface area contributed by atoms with Crippen LogP contribution in [0, 0.1) is 0 Å². The largest absolute Gasteiger partial charge is 0.387 e. The number of piperazine rings is 1. The Balaban J connectivity index is 1.26. The Labute approximate surface area is 162 Å². The minimum atomic E-state index is -0.408. The molecule has 1 fully saturated rings. The third-order valence-corrected chi connectivity index (χ3v) is 6.41. The third kappa shape index (κ3) is 4.39. The summed E-state index contributed by atoms with van der Waals surface area (Å²) < 4.78 is 0. The normalized spacial score (nSPS) is 17.4. The number of aromatic nitrogens is 1. The Hall–Kier alpha value is -1.57. The summed E-state index contributed by atoms with van der Waals surface area (Å²) in [5.41, 5.74) is 3.39. The fourth-order valence-corrected chi connectivity index (χ4v) is 4.81. The summed E-state index contributed by atoms with van der Waals surface area (Å²) in [6.45, 7) is 5.64. The highest BCUT2D eigenvalue weighted by Crippen LogP contribution is 2.26. The number of rotatable bonds is 6. The van der Waals surface area contributed by atoms with Gasteiger partial charge in [-0.2, -0.15) is 11.3 Å². The van der Waals surface area contributed by atoms with Crippen molar-refractivity contribution in [1.82, 2.24) is 14.8 Å². The lowest BCUT2D eigenvalue weighted by molar-refractivity contribution is 0.0697. The van der Waals surface area contributed by atoms with Crippen LogP contribution in [0.15, 0.2) is 52.5 Å². The molecule has 26 heavy (non-hydrogen) atoms. The number of hydrogen-bond donors (Lipinski definition) is 1. The van der Waals surface area contributed by atoms with Gasteiger partial charge in [0, 0.05) is 55.6 Å². The van der Waals surface area contributed by atoms with E-state index in [4.69, 9.17) is 4.98 Å². The van der Waals surface area contributed by atoms with Gasteiger partial charge in [0.15, 0.2) is 0 Å². The highest BCUT2D eigenvalue weighted by molar-refractivity contribution is 7.14. The van der Waals surface area contributed by atoms with Gasteiger partial charge in [-0.05, 0) is 17.0 Å². The highest BCUT2D eigenvalue weighted by Gasteiger charge is 2.20. The molecule has 1 saturated heterocycles. The summed E-state index contributed by atoms with van der Waals surface area (Å²) in [7, 11) is 0. The molecule has 0 unspecified atom stereocenters. The van der Waals surface area contributed by atoms with Crippen molar-refractivity contribution in [3.63, 3.8) is 0 Å². The summed E-state index contributed by atoms with van der Waals surface area (Å²) in [6.07, 6.45) is -0.408. The van der Waals surface area contributed by atoms with Crippen molar-refractivity contribution >= 4 is 22.7 Å². The maximum atomic E-state index is 10.4. The second-order valence-corrected chi connectivity index (χ2v) is 8.30. The minimum Gasteiger partial charge on any atom is -0.387 e. The van der Waals surface area contributed by atoms with Gasteiger partial charge < -0.3 is 5.11 Å². The topological polar surface area (TPSA) is 39.6 Å². The van der Waals surface area contributed by atoms with E-state index >= 15 is 0 Å². The molecule has 2 aromatic heterocycles. The van der Waals surface area contributed by atoms with Crippen molar-refractivity contribution in [3.8, 4) is 10.6 Å². The van der Waals surface area contributed by atoms with E-state index in [1.165, 1.54) is 5.56 Å². The number of thiophene rings is 1. The molecule has 0 radical (unpaired) electrons. The Morgan fingerprint density at radius 1 is 1.00 bits per heavy atom. The summed E-state index contributed by atoms with van der Waals surface area (Å²) in [6, 6.07) is 12.1. The van der Waals surface area contributed by atoms with Crippen molar-refractivity contribution in [2.75, 3.05) is 32.7 Å². The molecule has 1 aliphatic heterocycles. The number of aliphatic hydroxyl groups is 1. The van der Waals surface area contributed by atoms with Crippen LogP contribution >= 0.6 is 22.7 Å². The van der Waals surface area contributed by atoms with Crippen LogP contribution in [0.3, 0.4) is 0 Å². The molecule has 0 bridgehead atoms. The predicted octanol–water partition coefficient (Wildman–Crippen LogP) is 3.72. The van der Waals surface area contributed by atoms with Crippen LogP contribution in [0.2, 0.25) is 0 Å². The molecular formula is C20H23N3OS2. The van der Waals surface area contributed by atoms with Crippen LogP contribution in [0.5, 0.6) is 0 Å². The lowest BCUT2D eigenvalue weighted by Gasteiger charge is -2.35. The molecule has 3 aromatic rings. The third-order valence-electron chi connectivity index (χ3n) is 4.79. The fraction of sp³-hybridized carbons (Fsp3) is 0.350. The van der Waals surface area contributed by atoms with Gasteiger partial charge in [-0.25, -0.2) is 4.98 Å². The van der Waals surface area contributed by atoms with Gasteiger partial charge in [0.05, 0.1) is 11.8 Å². The van der Waals surface area contributed by atoms with Gasteiger partial charge in [0.25, 0.3) is 0 Å². The number of nitrogens with zero attached hydrogens (tertiary/aromatic N) is 3. The zero-order valence-electron chi connectivity index (χ0n) is 14.6. The first kappa shape index (κ1) is 17.8. The number of aliphatic hydroxyl groups excluding tert-OH is 1. The van der Waals surface area contributed by atoms with Gasteiger partial charge in [-0.15, -0.1) is 11.3 Å². The Bertz CT molecular complexity index is 796. The van der Waals surface area contributed by atoms with E-state index in [9.17, 15) is 5.11 Å². The monoisotopic (exact) mass is 385 g/mol. The van der Waals surface area contributed by atoms with E-state index in [0.29, 0.717) is 6.54 Å². The fourth-order valence-electron chi connectivity index (χ4n) is 3.28. The lowest BCUT2D eigenvalue weighted by Crippen LogP contribution is -2.47. The Kier molecular flexibility index (Phi) is 5.77. The van der Waals surface area contributed by atoms with E-state index in [0.717, 1.165) is 49.0 Å². The molecule has 136 valence electrons. The summed E-state index contributed by atoms with van der Waals surface area (Å²) >= 11 is 3.44. The molecule has 1 aromatic carbocycles. The summed E-state index contributed by atoms with van der Waals surface area (Å²) in [5.74, 6) is 0. The number of hydrogen-bond acceptors (Lipinski definition) is 6. The van der Waals surface area contributed by atoms with E-state index < -0.39 is 6.10 Å². The Morgan fingerprint density at radius 2 is 1.77 bits per heavy atom. The zero-order valence-corrected chi connectivity index (χ0v) is 16.3. The maximum absolute atomic E-state index is 10.4. The molecule has 0 saturated carbocycles. The average Bonchev–Trinajstić information content (AvgIpc) is 3.36. The summed E-state index contributed by atoms with van der Waals surface area (Å²) in [5, 5.41) is 17.9. The maximum Gasteiger partial charge on any atom is 0.124 e. The smallest absolute Gasteiger partial charge is 0.124 e. The van der Waals surface area contributed by atoms with Crippen LogP contribution in [0.4, 0.5) is 0 Å². The highest BCUT2D eigenvalue weighted by atomic mass is 32.1. The first-order valence-corrected chi connectivity index (χ1v) is 10.7. The molecule has 1 atom stereocenters. The number of thiazole rings is 1. The molecular weight excluding hydrogens is 362 g/mol. The van der Waals surface area contributed by atoms with Crippen LogP contribution in [-0.2, 0) is 6.54 Å². The average molecular weight is 386 g/mol. The molecule has 6 heteroatoms. The predicted molar refractivity (Wildman–Crippen MR) is 109 cm³/mol. The molecule has 1 aliphatic rings. The van der Waals surface area contributed by atoms with Gasteiger partial charge >= 0.3 is 0 Å². The number of benzene rings is 1. The van der Waals surface area contributed by atoms with Gasteiger partial charge in [0.1, 0.15) is 5.01 Å². The Morgan fingerprint density at radius 3 is 2.50 bits per heavy atom. The molecule has 3 heterocycles. The molecule has 4 nitrogen and oxygen atoms in total. The molecule has 0 amide bonds. The van der Waals surface area contributed by atoms with Crippen LogP contribution in [-0.4, -0.2) is 52.6 Å². The number of β-amino-alcohol motifs (C(OH)–C–C–N with tert-alkyl or cyclic N) is 1. The molecule has 0 spiro atoms. The minimum absolute atomic E-state index is 0.408. The summed E-state index contributed by atoms with van der Waals surface area (Å²) in [4.78, 5) is 9.59. The molecule has 4 rings (SSSR count). The van der Waals surface area contributed by atoms with Crippen LogP contribution in [0.25, 0.3) is 10.6 Å². The standard InChI is InChI=1S/C20H23N3OS2/c24-19(16-4-2-1-3-5-16)13-23-9-7-22(8-10-23)12-18-15-26-20(21-18)17-6-11-25-14-17/h1-6,11,14-15,19,24H,7-10,12-13H2/t19-/m0/s1. The van der Waals surface area contributed by atoms with Gasteiger partial charge in [-0.1, -0.05) is 30.3 Å². The zero-order chi connectivity index (χ0) is 17.8. The first-order valence-electron chi connectivity index (χ1n) is 8.92. The van der Waals surface area contributed by atoms with Crippen molar-refractivity contribution < 1.29 is 5.11 Å². The second kappa shape index (κ2) is 8.41. The first-order chi connectivity index (χ1) is 12.8. The van der Waals surface area contributed by atoms with Crippen molar-refractivity contribution in [2.24, 2.45) is 0 Å². The SMILES string of the molecule is O[C@@H](CN1CCN(Cc2csc(-c3ccsc3)n2)CC1)c1ccccc1. The van der Waals surface area contributed by atoms with Crippen molar-refractivity contribution in [2.45, 2.75) is 12.6 Å². The molecule has 1 N–H and O–H groups in total. The van der Waals surface area contributed by atoms with Crippen LogP contribution < -0.4 is 0 Å². The van der Waals surface area contributed by atoms with Gasteiger partial charge in [-0.3, -0.25) is 9.80 Å². The van der Waals surface area contributed by atoms with E-state index in [1.54, 1.807) is 22.7 Å². The second-order valence-electron chi connectivity index (χ2n) is 6.66. The van der Waals surface area contributed by atoms with E-state index in [1.807, 2.05) is 30.3 Å². The molecule has 0 aliphatic carbocycles. The lowest BCUT2D eigenvalue weighted by atomic mass is 10.1.